The van der Waals surface area contributed by atoms with Crippen molar-refractivity contribution in [2.45, 2.75) is 33.2 Å². The number of amides is 1. The first-order valence-corrected chi connectivity index (χ1v) is 5.94. The molecular weight excluding hydrogens is 234 g/mol. The van der Waals surface area contributed by atoms with Gasteiger partial charge in [0.25, 0.3) is 0 Å². The molecule has 0 spiro atoms. The Bertz CT molecular complexity index is 466. The summed E-state index contributed by atoms with van der Waals surface area (Å²) in [4.78, 5) is 22.6. The molecule has 1 aromatic rings. The summed E-state index contributed by atoms with van der Waals surface area (Å²) in [5.74, 6) is 0.846. The Hall–Kier alpha value is -1.78. The maximum absolute atomic E-state index is 11.4. The fraction of sp³-hybridized carbons (Fsp3) is 0.538. The molecule has 100 valence electrons. The van der Waals surface area contributed by atoms with Crippen LogP contribution in [-0.4, -0.2) is 13.0 Å². The molecule has 5 heteroatoms. The normalized spacial score (nSPS) is 13.8. The minimum Gasteiger partial charge on any atom is -0.496 e. The fourth-order valence-electron chi connectivity index (χ4n) is 1.69. The van der Waals surface area contributed by atoms with Gasteiger partial charge >= 0.3 is 5.63 Å². The van der Waals surface area contributed by atoms with Crippen molar-refractivity contribution >= 4 is 5.91 Å². The SMILES string of the molecule is CC[C@@H](C)[C@H](NC(C)=O)c1cc(OC)cc(=O)o1. The number of methoxy groups -OCH3 is 1. The molecule has 0 saturated heterocycles. The summed E-state index contributed by atoms with van der Waals surface area (Å²) in [6, 6.07) is 2.58. The minimum atomic E-state index is -0.483. The monoisotopic (exact) mass is 253 g/mol. The van der Waals surface area contributed by atoms with Gasteiger partial charge in [-0.3, -0.25) is 4.79 Å². The zero-order chi connectivity index (χ0) is 13.7. The van der Waals surface area contributed by atoms with E-state index in [9.17, 15) is 9.59 Å². The molecule has 18 heavy (non-hydrogen) atoms. The van der Waals surface area contributed by atoms with Crippen LogP contribution in [0.4, 0.5) is 0 Å². The van der Waals surface area contributed by atoms with Crippen LogP contribution in [0.2, 0.25) is 0 Å². The highest BCUT2D eigenvalue weighted by atomic mass is 16.5. The van der Waals surface area contributed by atoms with Gasteiger partial charge in [-0.1, -0.05) is 20.3 Å². The predicted octanol–water partition coefficient (Wildman–Crippen LogP) is 1.87. The van der Waals surface area contributed by atoms with E-state index in [1.807, 2.05) is 13.8 Å². The molecule has 0 aliphatic carbocycles. The largest absolute Gasteiger partial charge is 0.496 e. The molecule has 0 bridgehead atoms. The summed E-state index contributed by atoms with van der Waals surface area (Å²) in [5.41, 5.74) is -0.483. The summed E-state index contributed by atoms with van der Waals surface area (Å²) in [5, 5.41) is 2.80. The lowest BCUT2D eigenvalue weighted by Gasteiger charge is -2.22. The van der Waals surface area contributed by atoms with Crippen molar-refractivity contribution in [3.63, 3.8) is 0 Å². The molecular formula is C13H19NO4. The predicted molar refractivity (Wildman–Crippen MR) is 67.5 cm³/mol. The van der Waals surface area contributed by atoms with Gasteiger partial charge in [-0.2, -0.15) is 0 Å². The van der Waals surface area contributed by atoms with Crippen LogP contribution in [0.25, 0.3) is 0 Å². The maximum atomic E-state index is 11.4. The zero-order valence-electron chi connectivity index (χ0n) is 11.1. The van der Waals surface area contributed by atoms with Crippen LogP contribution in [0.1, 0.15) is 39.0 Å². The second kappa shape index (κ2) is 6.23. The first kappa shape index (κ1) is 14.3. The second-order valence-corrected chi connectivity index (χ2v) is 4.28. The van der Waals surface area contributed by atoms with Crippen molar-refractivity contribution in [1.29, 1.82) is 0 Å². The Balaban J connectivity index is 3.15. The molecule has 0 aromatic carbocycles. The van der Waals surface area contributed by atoms with Crippen LogP contribution in [-0.2, 0) is 4.79 Å². The molecule has 5 nitrogen and oxygen atoms in total. The van der Waals surface area contributed by atoms with Crippen molar-refractivity contribution in [3.05, 3.63) is 28.3 Å². The number of hydrogen-bond acceptors (Lipinski definition) is 4. The van der Waals surface area contributed by atoms with Crippen molar-refractivity contribution in [2.75, 3.05) is 7.11 Å². The van der Waals surface area contributed by atoms with Gasteiger partial charge in [0.05, 0.1) is 19.2 Å². The van der Waals surface area contributed by atoms with Crippen molar-refractivity contribution in [2.24, 2.45) is 5.92 Å². The molecule has 0 fully saturated rings. The highest BCUT2D eigenvalue weighted by Crippen LogP contribution is 2.25. The van der Waals surface area contributed by atoms with Crippen LogP contribution in [0.3, 0.4) is 0 Å². The average Bonchev–Trinajstić information content (AvgIpc) is 2.33. The van der Waals surface area contributed by atoms with Crippen LogP contribution in [0.5, 0.6) is 5.75 Å². The van der Waals surface area contributed by atoms with E-state index in [-0.39, 0.29) is 17.9 Å². The number of rotatable bonds is 5. The summed E-state index contributed by atoms with van der Waals surface area (Å²) in [6.45, 7) is 5.44. The van der Waals surface area contributed by atoms with E-state index in [2.05, 4.69) is 5.32 Å². The van der Waals surface area contributed by atoms with Gasteiger partial charge in [0.15, 0.2) is 0 Å². The molecule has 1 heterocycles. The van der Waals surface area contributed by atoms with Crippen molar-refractivity contribution in [3.8, 4) is 5.75 Å². The number of nitrogens with one attached hydrogen (secondary N) is 1. The van der Waals surface area contributed by atoms with E-state index in [0.29, 0.717) is 11.5 Å². The van der Waals surface area contributed by atoms with Gasteiger partial charge < -0.3 is 14.5 Å². The van der Waals surface area contributed by atoms with Crippen LogP contribution < -0.4 is 15.7 Å². The molecule has 2 atom stereocenters. The third-order valence-electron chi connectivity index (χ3n) is 2.88. The minimum absolute atomic E-state index is 0.157. The van der Waals surface area contributed by atoms with E-state index in [0.717, 1.165) is 6.42 Å². The standard InChI is InChI=1S/C13H19NO4/c1-5-8(2)13(14-9(3)15)11-6-10(17-4)7-12(16)18-11/h6-8,13H,5H2,1-4H3,(H,14,15)/t8-,13+/m1/s1. The first-order chi connectivity index (χ1) is 8.47. The number of carbonyl (C=O) groups excluding carboxylic acids is 1. The number of hydrogen-bond donors (Lipinski definition) is 1. The molecule has 0 saturated carbocycles. The highest BCUT2D eigenvalue weighted by molar-refractivity contribution is 5.73. The van der Waals surface area contributed by atoms with E-state index < -0.39 is 5.63 Å². The molecule has 1 aromatic heterocycles. The molecule has 1 rings (SSSR count). The third kappa shape index (κ3) is 3.61. The van der Waals surface area contributed by atoms with E-state index in [1.165, 1.54) is 20.1 Å². The lowest BCUT2D eigenvalue weighted by atomic mass is 9.96. The molecule has 0 aliphatic rings. The Morgan fingerprint density at radius 1 is 1.50 bits per heavy atom. The van der Waals surface area contributed by atoms with Gasteiger partial charge in [-0.05, 0) is 5.92 Å². The molecule has 1 N–H and O–H groups in total. The zero-order valence-corrected chi connectivity index (χ0v) is 11.1. The van der Waals surface area contributed by atoms with Gasteiger partial charge in [-0.25, -0.2) is 4.79 Å². The summed E-state index contributed by atoms with van der Waals surface area (Å²) >= 11 is 0. The summed E-state index contributed by atoms with van der Waals surface area (Å²) < 4.78 is 10.2. The lowest BCUT2D eigenvalue weighted by molar-refractivity contribution is -0.120. The molecule has 0 unspecified atom stereocenters. The third-order valence-corrected chi connectivity index (χ3v) is 2.88. The second-order valence-electron chi connectivity index (χ2n) is 4.28. The Labute approximate surface area is 106 Å². The summed E-state index contributed by atoms with van der Waals surface area (Å²) in [6.07, 6.45) is 0.853. The first-order valence-electron chi connectivity index (χ1n) is 5.94. The van der Waals surface area contributed by atoms with Crippen LogP contribution >= 0.6 is 0 Å². The Kier molecular flexibility index (Phi) is 4.95. The number of carbonyl (C=O) groups is 1. The van der Waals surface area contributed by atoms with Crippen molar-refractivity contribution < 1.29 is 13.9 Å². The maximum Gasteiger partial charge on any atom is 0.339 e. The highest BCUT2D eigenvalue weighted by Gasteiger charge is 2.22. The van der Waals surface area contributed by atoms with Gasteiger partial charge in [0, 0.05) is 13.0 Å². The lowest BCUT2D eigenvalue weighted by Crippen LogP contribution is -2.31. The topological polar surface area (TPSA) is 68.5 Å². The van der Waals surface area contributed by atoms with Crippen LogP contribution in [0.15, 0.2) is 21.3 Å². The quantitative estimate of drug-likeness (QED) is 0.869. The Morgan fingerprint density at radius 2 is 2.17 bits per heavy atom. The summed E-state index contributed by atoms with van der Waals surface area (Å²) in [7, 11) is 1.48. The number of ether oxygens (including phenoxy) is 1. The molecule has 0 aliphatic heterocycles. The average molecular weight is 253 g/mol. The van der Waals surface area contributed by atoms with E-state index >= 15 is 0 Å². The van der Waals surface area contributed by atoms with Crippen LogP contribution in [0, 0.1) is 5.92 Å². The van der Waals surface area contributed by atoms with Gasteiger partial charge in [-0.15, -0.1) is 0 Å². The van der Waals surface area contributed by atoms with E-state index in [1.54, 1.807) is 6.07 Å². The van der Waals surface area contributed by atoms with Gasteiger partial charge in [0.1, 0.15) is 11.5 Å². The molecule has 0 radical (unpaired) electrons. The van der Waals surface area contributed by atoms with Gasteiger partial charge in [0.2, 0.25) is 5.91 Å². The smallest absolute Gasteiger partial charge is 0.339 e. The Morgan fingerprint density at radius 3 is 2.67 bits per heavy atom. The fourth-order valence-corrected chi connectivity index (χ4v) is 1.69. The molecule has 1 amide bonds. The van der Waals surface area contributed by atoms with E-state index in [4.69, 9.17) is 9.15 Å². The van der Waals surface area contributed by atoms with Crippen molar-refractivity contribution in [1.82, 2.24) is 5.32 Å².